The highest BCUT2D eigenvalue weighted by molar-refractivity contribution is 7.82. The van der Waals surface area contributed by atoms with E-state index in [1.54, 1.807) is 0 Å². The number of carboxylic acid groups (broad SMARTS) is 3. The number of carbonyl (C=O) groups is 3. The van der Waals surface area contributed by atoms with Crippen LogP contribution >= 0.6 is 12.6 Å². The molecule has 0 aromatic rings. The molecule has 0 amide bonds. The highest BCUT2D eigenvalue weighted by atomic mass is 32.1. The minimum absolute atomic E-state index is 0.836. The van der Waals surface area contributed by atoms with Crippen molar-refractivity contribution in [3.8, 4) is 0 Å². The first-order valence-electron chi connectivity index (χ1n) is 3.17. The highest BCUT2D eigenvalue weighted by Gasteiger charge is 2.39. The molecule has 0 saturated carbocycles. The van der Waals surface area contributed by atoms with Crippen LogP contribution in [0.4, 0.5) is 0 Å². The molecule has 13 heavy (non-hydrogen) atoms. The molecule has 0 aliphatic carbocycles. The molecule has 0 fully saturated rings. The van der Waals surface area contributed by atoms with E-state index in [1.165, 1.54) is 0 Å². The van der Waals surface area contributed by atoms with Crippen molar-refractivity contribution in [2.45, 2.75) is 17.6 Å². The first-order valence-corrected chi connectivity index (χ1v) is 3.62. The van der Waals surface area contributed by atoms with Gasteiger partial charge in [0.05, 0.1) is 12.8 Å². The fourth-order valence-corrected chi connectivity index (χ4v) is 0.985. The van der Waals surface area contributed by atoms with Gasteiger partial charge in [-0.1, -0.05) is 0 Å². The van der Waals surface area contributed by atoms with E-state index in [9.17, 15) is 14.4 Å². The molecule has 3 N–H and O–H groups in total. The summed E-state index contributed by atoms with van der Waals surface area (Å²) in [5.41, 5.74) is 0. The van der Waals surface area contributed by atoms with Crippen molar-refractivity contribution >= 4 is 30.5 Å². The van der Waals surface area contributed by atoms with Gasteiger partial charge in [-0.15, -0.1) is 0 Å². The van der Waals surface area contributed by atoms with Crippen LogP contribution in [0.5, 0.6) is 0 Å². The van der Waals surface area contributed by atoms with E-state index in [-0.39, 0.29) is 0 Å². The molecular formula is C6H8O6S. The number of thiol groups is 1. The molecule has 0 heterocycles. The van der Waals surface area contributed by atoms with Gasteiger partial charge in [0.1, 0.15) is 4.75 Å². The molecule has 0 aliphatic rings. The minimum Gasteiger partial charge on any atom is -0.481 e. The van der Waals surface area contributed by atoms with Crippen molar-refractivity contribution in [2.75, 3.05) is 0 Å². The molecule has 6 nitrogen and oxygen atoms in total. The molecule has 0 aromatic heterocycles. The first kappa shape index (κ1) is 11.8. The van der Waals surface area contributed by atoms with Crippen LogP contribution in [0.15, 0.2) is 0 Å². The zero-order valence-corrected chi connectivity index (χ0v) is 7.32. The van der Waals surface area contributed by atoms with Gasteiger partial charge in [0.15, 0.2) is 0 Å². The van der Waals surface area contributed by atoms with Crippen LogP contribution in [0.25, 0.3) is 0 Å². The lowest BCUT2D eigenvalue weighted by Crippen LogP contribution is -2.37. The monoisotopic (exact) mass is 208 g/mol. The molecule has 0 spiro atoms. The average molecular weight is 208 g/mol. The standard InChI is InChI=1S/C6H8O6S/c7-3(8)1-6(13,5(11)12)2-4(9)10/h13H,1-2H2,(H,7,8)(H,9,10)(H,11,12). The van der Waals surface area contributed by atoms with Crippen molar-refractivity contribution < 1.29 is 29.7 Å². The second-order valence-electron chi connectivity index (χ2n) is 2.48. The Bertz CT molecular complexity index is 232. The van der Waals surface area contributed by atoms with Crippen LogP contribution in [0, 0.1) is 0 Å². The maximum absolute atomic E-state index is 10.5. The third kappa shape index (κ3) is 3.79. The maximum Gasteiger partial charge on any atom is 0.320 e. The van der Waals surface area contributed by atoms with Crippen molar-refractivity contribution in [3.05, 3.63) is 0 Å². The van der Waals surface area contributed by atoms with E-state index in [0.29, 0.717) is 0 Å². The predicted molar refractivity (Wildman–Crippen MR) is 43.9 cm³/mol. The van der Waals surface area contributed by atoms with E-state index in [2.05, 4.69) is 12.6 Å². The summed E-state index contributed by atoms with van der Waals surface area (Å²) in [5, 5.41) is 25.1. The fraction of sp³-hybridized carbons (Fsp3) is 0.500. The summed E-state index contributed by atoms with van der Waals surface area (Å²) >= 11 is 3.53. The summed E-state index contributed by atoms with van der Waals surface area (Å²) in [7, 11) is 0. The number of carboxylic acids is 3. The zero-order valence-electron chi connectivity index (χ0n) is 6.43. The summed E-state index contributed by atoms with van der Waals surface area (Å²) in [6.07, 6.45) is -1.67. The van der Waals surface area contributed by atoms with Crippen molar-refractivity contribution in [3.63, 3.8) is 0 Å². The van der Waals surface area contributed by atoms with E-state index < -0.39 is 35.5 Å². The lowest BCUT2D eigenvalue weighted by molar-refractivity contribution is -0.150. The average Bonchev–Trinajstić information content (AvgIpc) is 1.82. The Morgan fingerprint density at radius 2 is 1.31 bits per heavy atom. The second kappa shape index (κ2) is 4.13. The molecule has 0 bridgehead atoms. The normalized spacial score (nSPS) is 10.8. The fourth-order valence-electron chi connectivity index (χ4n) is 0.714. The van der Waals surface area contributed by atoms with E-state index in [4.69, 9.17) is 15.3 Å². The van der Waals surface area contributed by atoms with Gasteiger partial charge in [0.2, 0.25) is 0 Å². The Hall–Kier alpha value is -1.24. The van der Waals surface area contributed by atoms with Crippen molar-refractivity contribution in [1.82, 2.24) is 0 Å². The smallest absolute Gasteiger partial charge is 0.320 e. The van der Waals surface area contributed by atoms with Crippen LogP contribution in [0.3, 0.4) is 0 Å². The van der Waals surface area contributed by atoms with E-state index >= 15 is 0 Å². The highest BCUT2D eigenvalue weighted by Crippen LogP contribution is 2.24. The van der Waals surface area contributed by atoms with Gasteiger partial charge in [-0.2, -0.15) is 12.6 Å². The minimum atomic E-state index is -2.04. The molecule has 0 atom stereocenters. The van der Waals surface area contributed by atoms with Gasteiger partial charge in [-0.05, 0) is 0 Å². The van der Waals surface area contributed by atoms with Gasteiger partial charge >= 0.3 is 17.9 Å². The van der Waals surface area contributed by atoms with Crippen LogP contribution in [-0.2, 0) is 14.4 Å². The Morgan fingerprint density at radius 3 is 1.46 bits per heavy atom. The third-order valence-corrected chi connectivity index (χ3v) is 1.79. The van der Waals surface area contributed by atoms with Crippen molar-refractivity contribution in [1.29, 1.82) is 0 Å². The Balaban J connectivity index is 4.62. The maximum atomic E-state index is 10.5. The topological polar surface area (TPSA) is 112 Å². The number of hydrogen-bond acceptors (Lipinski definition) is 4. The molecule has 0 saturated heterocycles. The van der Waals surface area contributed by atoms with Crippen LogP contribution < -0.4 is 0 Å². The molecular weight excluding hydrogens is 200 g/mol. The van der Waals surface area contributed by atoms with Crippen molar-refractivity contribution in [2.24, 2.45) is 0 Å². The van der Waals surface area contributed by atoms with Crippen LogP contribution in [0.2, 0.25) is 0 Å². The summed E-state index contributed by atoms with van der Waals surface area (Å²) in [6, 6.07) is 0. The molecule has 0 rings (SSSR count). The quantitative estimate of drug-likeness (QED) is 0.461. The summed E-state index contributed by atoms with van der Waals surface area (Å²) in [5.74, 6) is -4.36. The SMILES string of the molecule is O=C(O)CC(S)(CC(=O)O)C(=O)O. The summed E-state index contributed by atoms with van der Waals surface area (Å²) in [4.78, 5) is 30.9. The molecule has 0 aliphatic heterocycles. The lowest BCUT2D eigenvalue weighted by atomic mass is 10.0. The first-order chi connectivity index (χ1) is 5.78. The number of aliphatic carboxylic acids is 3. The third-order valence-electron chi connectivity index (χ3n) is 1.29. The number of rotatable bonds is 5. The second-order valence-corrected chi connectivity index (χ2v) is 3.33. The van der Waals surface area contributed by atoms with Crippen LogP contribution in [-0.4, -0.2) is 38.0 Å². The van der Waals surface area contributed by atoms with Crippen LogP contribution in [0.1, 0.15) is 12.8 Å². The molecule has 74 valence electrons. The largest absolute Gasteiger partial charge is 0.481 e. The molecule has 0 aromatic carbocycles. The summed E-state index contributed by atoms with van der Waals surface area (Å²) < 4.78 is -2.04. The van der Waals surface area contributed by atoms with Gasteiger partial charge < -0.3 is 15.3 Å². The molecule has 0 unspecified atom stereocenters. The van der Waals surface area contributed by atoms with Gasteiger partial charge in [-0.3, -0.25) is 14.4 Å². The zero-order chi connectivity index (χ0) is 10.6. The Kier molecular flexibility index (Phi) is 3.73. The van der Waals surface area contributed by atoms with Gasteiger partial charge in [-0.25, -0.2) is 0 Å². The molecule has 7 heteroatoms. The Labute approximate surface area is 78.6 Å². The number of hydrogen-bond donors (Lipinski definition) is 4. The van der Waals surface area contributed by atoms with Gasteiger partial charge in [0.25, 0.3) is 0 Å². The van der Waals surface area contributed by atoms with E-state index in [0.717, 1.165) is 0 Å². The summed E-state index contributed by atoms with van der Waals surface area (Å²) in [6.45, 7) is 0. The molecule has 0 radical (unpaired) electrons. The van der Waals surface area contributed by atoms with E-state index in [1.807, 2.05) is 0 Å². The van der Waals surface area contributed by atoms with Gasteiger partial charge in [0, 0.05) is 0 Å². The lowest BCUT2D eigenvalue weighted by Gasteiger charge is -2.18. The Morgan fingerprint density at radius 1 is 1.00 bits per heavy atom. The predicted octanol–water partition coefficient (Wildman–Crippen LogP) is -0.311.